The largest absolute Gasteiger partial charge is 0.444 e. The maximum Gasteiger partial charge on any atom is 0.410 e. The SMILES string of the molecule is Cc1ccc(CNCCN(CC(C)O)C(=O)OC(C)(C)C)cc1. The molecule has 5 nitrogen and oxygen atoms in total. The quantitative estimate of drug-likeness (QED) is 0.758. The van der Waals surface area contributed by atoms with Crippen LogP contribution in [0.5, 0.6) is 0 Å². The van der Waals surface area contributed by atoms with Crippen LogP contribution in [-0.4, -0.2) is 47.4 Å². The maximum atomic E-state index is 12.2. The Kier molecular flexibility index (Phi) is 7.52. The van der Waals surface area contributed by atoms with E-state index in [1.807, 2.05) is 20.8 Å². The van der Waals surface area contributed by atoms with Crippen LogP contribution < -0.4 is 5.32 Å². The lowest BCUT2D eigenvalue weighted by molar-refractivity contribution is 0.0164. The highest BCUT2D eigenvalue weighted by atomic mass is 16.6. The Morgan fingerprint density at radius 1 is 1.30 bits per heavy atom. The molecule has 0 heterocycles. The van der Waals surface area contributed by atoms with Gasteiger partial charge in [-0.05, 0) is 40.2 Å². The molecule has 0 aliphatic carbocycles. The lowest BCUT2D eigenvalue weighted by Crippen LogP contribution is -2.43. The molecule has 0 fully saturated rings. The molecular formula is C18H30N2O3. The van der Waals surface area contributed by atoms with E-state index in [-0.39, 0.29) is 6.54 Å². The molecule has 5 heteroatoms. The Balaban J connectivity index is 2.44. The highest BCUT2D eigenvalue weighted by molar-refractivity contribution is 5.68. The van der Waals surface area contributed by atoms with Gasteiger partial charge in [-0.25, -0.2) is 4.79 Å². The van der Waals surface area contributed by atoms with Crippen molar-refractivity contribution in [3.8, 4) is 0 Å². The molecule has 2 N–H and O–H groups in total. The Bertz CT molecular complexity index is 478. The second-order valence-corrected chi connectivity index (χ2v) is 6.94. The zero-order chi connectivity index (χ0) is 17.5. The molecular weight excluding hydrogens is 292 g/mol. The van der Waals surface area contributed by atoms with Crippen LogP contribution in [0.15, 0.2) is 24.3 Å². The van der Waals surface area contributed by atoms with Gasteiger partial charge in [0.1, 0.15) is 5.60 Å². The number of benzene rings is 1. The van der Waals surface area contributed by atoms with Gasteiger partial charge in [-0.15, -0.1) is 0 Å². The summed E-state index contributed by atoms with van der Waals surface area (Å²) in [6.45, 7) is 11.4. The van der Waals surface area contributed by atoms with E-state index >= 15 is 0 Å². The number of aryl methyl sites for hydroxylation is 1. The van der Waals surface area contributed by atoms with E-state index in [4.69, 9.17) is 4.74 Å². The van der Waals surface area contributed by atoms with Crippen molar-refractivity contribution in [3.63, 3.8) is 0 Å². The Hall–Kier alpha value is -1.59. The van der Waals surface area contributed by atoms with E-state index in [0.29, 0.717) is 13.1 Å². The summed E-state index contributed by atoms with van der Waals surface area (Å²) in [5.41, 5.74) is 1.90. The van der Waals surface area contributed by atoms with Gasteiger partial charge in [-0.3, -0.25) is 0 Å². The topological polar surface area (TPSA) is 61.8 Å². The fraction of sp³-hybridized carbons (Fsp3) is 0.611. The first-order chi connectivity index (χ1) is 10.7. The van der Waals surface area contributed by atoms with Crippen molar-refractivity contribution in [2.75, 3.05) is 19.6 Å². The molecule has 0 spiro atoms. The Morgan fingerprint density at radius 3 is 2.43 bits per heavy atom. The first kappa shape index (κ1) is 19.5. The van der Waals surface area contributed by atoms with Crippen LogP contribution in [-0.2, 0) is 11.3 Å². The zero-order valence-corrected chi connectivity index (χ0v) is 14.9. The number of ether oxygens (including phenoxy) is 1. The Labute approximate surface area is 139 Å². The highest BCUT2D eigenvalue weighted by Gasteiger charge is 2.22. The van der Waals surface area contributed by atoms with Crippen molar-refractivity contribution in [1.82, 2.24) is 10.2 Å². The average molecular weight is 322 g/mol. The standard InChI is InChI=1S/C18H30N2O3/c1-14-6-8-16(9-7-14)12-19-10-11-20(13-15(2)21)17(22)23-18(3,4)5/h6-9,15,19,21H,10-13H2,1-5H3. The lowest BCUT2D eigenvalue weighted by Gasteiger charge is -2.28. The summed E-state index contributed by atoms with van der Waals surface area (Å²) in [6.07, 6.45) is -0.977. The summed E-state index contributed by atoms with van der Waals surface area (Å²) in [7, 11) is 0. The molecule has 0 saturated carbocycles. The van der Waals surface area contributed by atoms with Gasteiger partial charge in [0, 0.05) is 26.2 Å². The predicted molar refractivity (Wildman–Crippen MR) is 92.4 cm³/mol. The fourth-order valence-electron chi connectivity index (χ4n) is 2.06. The van der Waals surface area contributed by atoms with Gasteiger partial charge in [0.25, 0.3) is 0 Å². The van der Waals surface area contributed by atoms with Crippen molar-refractivity contribution in [2.45, 2.75) is 52.9 Å². The molecule has 1 unspecified atom stereocenters. The molecule has 0 bridgehead atoms. The smallest absolute Gasteiger partial charge is 0.410 e. The first-order valence-electron chi connectivity index (χ1n) is 8.09. The molecule has 1 amide bonds. The third-order valence-electron chi connectivity index (χ3n) is 3.14. The summed E-state index contributed by atoms with van der Waals surface area (Å²) in [4.78, 5) is 13.7. The average Bonchev–Trinajstić information content (AvgIpc) is 2.41. The number of nitrogens with one attached hydrogen (secondary N) is 1. The van der Waals surface area contributed by atoms with Gasteiger partial charge in [0.05, 0.1) is 6.10 Å². The first-order valence-corrected chi connectivity index (χ1v) is 8.09. The van der Waals surface area contributed by atoms with Crippen LogP contribution in [0.1, 0.15) is 38.8 Å². The van der Waals surface area contributed by atoms with Crippen molar-refractivity contribution < 1.29 is 14.6 Å². The molecule has 1 aromatic carbocycles. The van der Waals surface area contributed by atoms with Crippen LogP contribution in [0.4, 0.5) is 4.79 Å². The summed E-state index contributed by atoms with van der Waals surface area (Å²) in [6, 6.07) is 8.34. The number of amides is 1. The van der Waals surface area contributed by atoms with E-state index in [1.165, 1.54) is 16.0 Å². The number of carbonyl (C=O) groups excluding carboxylic acids is 1. The van der Waals surface area contributed by atoms with Crippen LogP contribution in [0.25, 0.3) is 0 Å². The number of aliphatic hydroxyl groups is 1. The van der Waals surface area contributed by atoms with E-state index in [9.17, 15) is 9.90 Å². The molecule has 1 rings (SSSR count). The van der Waals surface area contributed by atoms with E-state index in [0.717, 1.165) is 6.54 Å². The van der Waals surface area contributed by atoms with Gasteiger partial charge in [0.15, 0.2) is 0 Å². The number of nitrogens with zero attached hydrogens (tertiary/aromatic N) is 1. The zero-order valence-electron chi connectivity index (χ0n) is 14.9. The molecule has 130 valence electrons. The molecule has 0 aromatic heterocycles. The third kappa shape index (κ3) is 8.57. The third-order valence-corrected chi connectivity index (χ3v) is 3.14. The molecule has 1 aromatic rings. The minimum atomic E-state index is -0.584. The minimum Gasteiger partial charge on any atom is -0.444 e. The molecule has 1 atom stereocenters. The van der Waals surface area contributed by atoms with Gasteiger partial charge >= 0.3 is 6.09 Å². The molecule has 23 heavy (non-hydrogen) atoms. The predicted octanol–water partition coefficient (Wildman–Crippen LogP) is 2.70. The van der Waals surface area contributed by atoms with Crippen LogP contribution >= 0.6 is 0 Å². The normalized spacial score (nSPS) is 12.8. The monoisotopic (exact) mass is 322 g/mol. The van der Waals surface area contributed by atoms with Crippen molar-refractivity contribution in [2.24, 2.45) is 0 Å². The van der Waals surface area contributed by atoms with Gasteiger partial charge < -0.3 is 20.1 Å². The lowest BCUT2D eigenvalue weighted by atomic mass is 10.1. The second-order valence-electron chi connectivity index (χ2n) is 6.94. The number of rotatable bonds is 7. The van der Waals surface area contributed by atoms with Crippen LogP contribution in [0.2, 0.25) is 0 Å². The van der Waals surface area contributed by atoms with E-state index < -0.39 is 17.8 Å². The van der Waals surface area contributed by atoms with Gasteiger partial charge in [0.2, 0.25) is 0 Å². The maximum absolute atomic E-state index is 12.2. The summed E-state index contributed by atoms with van der Waals surface area (Å²) >= 11 is 0. The number of carbonyl (C=O) groups is 1. The number of hydrogen-bond acceptors (Lipinski definition) is 4. The summed E-state index contributed by atoms with van der Waals surface area (Å²) < 4.78 is 5.38. The highest BCUT2D eigenvalue weighted by Crippen LogP contribution is 2.10. The van der Waals surface area contributed by atoms with Gasteiger partial charge in [-0.1, -0.05) is 29.8 Å². The minimum absolute atomic E-state index is 0.265. The summed E-state index contributed by atoms with van der Waals surface area (Å²) in [5.74, 6) is 0. The number of hydrogen-bond donors (Lipinski definition) is 2. The second kappa shape index (κ2) is 8.89. The molecule has 0 aliphatic rings. The van der Waals surface area contributed by atoms with Crippen LogP contribution in [0, 0.1) is 6.92 Å². The van der Waals surface area contributed by atoms with E-state index in [1.54, 1.807) is 6.92 Å². The van der Waals surface area contributed by atoms with E-state index in [2.05, 4.69) is 36.5 Å². The van der Waals surface area contributed by atoms with Crippen LogP contribution in [0.3, 0.4) is 0 Å². The van der Waals surface area contributed by atoms with Crippen molar-refractivity contribution >= 4 is 6.09 Å². The molecule has 0 radical (unpaired) electrons. The molecule has 0 aliphatic heterocycles. The molecule has 0 saturated heterocycles. The van der Waals surface area contributed by atoms with Gasteiger partial charge in [-0.2, -0.15) is 0 Å². The van der Waals surface area contributed by atoms with Crippen molar-refractivity contribution in [1.29, 1.82) is 0 Å². The number of aliphatic hydroxyl groups excluding tert-OH is 1. The van der Waals surface area contributed by atoms with Crippen molar-refractivity contribution in [3.05, 3.63) is 35.4 Å². The summed E-state index contributed by atoms with van der Waals surface area (Å²) in [5, 5.41) is 12.9. The fourth-order valence-corrected chi connectivity index (χ4v) is 2.06. The Morgan fingerprint density at radius 2 is 1.91 bits per heavy atom.